The fourth-order valence-electron chi connectivity index (χ4n) is 6.38. The van der Waals surface area contributed by atoms with E-state index in [-0.39, 0.29) is 5.41 Å². The van der Waals surface area contributed by atoms with E-state index in [0.717, 1.165) is 50.9 Å². The number of hydrogen-bond acceptors (Lipinski definition) is 4. The Kier molecular flexibility index (Phi) is 5.41. The minimum atomic E-state index is -0.182. The number of fused-ring (bicyclic) bond motifs is 5. The second kappa shape index (κ2) is 9.32. The molecule has 4 aromatic carbocycles. The van der Waals surface area contributed by atoms with E-state index in [1.165, 1.54) is 16.5 Å². The topological polar surface area (TPSA) is 43.2 Å². The van der Waals surface area contributed by atoms with Crippen molar-refractivity contribution in [2.45, 2.75) is 19.3 Å². The second-order valence-corrected chi connectivity index (χ2v) is 11.2. The average Bonchev–Trinajstić information content (AvgIpc) is 3.36. The van der Waals surface area contributed by atoms with Gasteiger partial charge < -0.3 is 4.74 Å². The first-order valence-electron chi connectivity index (χ1n) is 14.2. The van der Waals surface area contributed by atoms with Crippen LogP contribution >= 0.6 is 0 Å². The number of hydrogen-bond donors (Lipinski definition) is 0. The summed E-state index contributed by atoms with van der Waals surface area (Å²) in [4.78, 5) is 11.6. The lowest BCUT2D eigenvalue weighted by molar-refractivity contribution is 0.482. The highest BCUT2D eigenvalue weighted by atomic mass is 16.5. The van der Waals surface area contributed by atoms with Crippen molar-refractivity contribution in [1.29, 1.82) is 0 Å². The van der Waals surface area contributed by atoms with Gasteiger partial charge in [0, 0.05) is 40.7 Å². The fourth-order valence-corrected chi connectivity index (χ4v) is 6.38. The van der Waals surface area contributed by atoms with Crippen LogP contribution in [0.3, 0.4) is 0 Å². The number of benzene rings is 4. The van der Waals surface area contributed by atoms with E-state index in [1.54, 1.807) is 0 Å². The van der Waals surface area contributed by atoms with Gasteiger partial charge in [-0.25, -0.2) is 9.97 Å². The maximum Gasteiger partial charge on any atom is 0.137 e. The molecule has 5 nitrogen and oxygen atoms in total. The molecule has 0 fully saturated rings. The molecule has 0 atom stereocenters. The first-order chi connectivity index (χ1) is 20.6. The smallest absolute Gasteiger partial charge is 0.137 e. The Balaban J connectivity index is 1.26. The van der Waals surface area contributed by atoms with Crippen molar-refractivity contribution in [2.24, 2.45) is 0 Å². The number of para-hydroxylation sites is 2. The molecule has 3 aromatic heterocycles. The van der Waals surface area contributed by atoms with Gasteiger partial charge in [0.15, 0.2) is 0 Å². The van der Waals surface area contributed by atoms with E-state index in [0.29, 0.717) is 0 Å². The van der Waals surface area contributed by atoms with Crippen LogP contribution in [0, 0.1) is 0 Å². The van der Waals surface area contributed by atoms with Gasteiger partial charge in [0.25, 0.3) is 0 Å². The largest absolute Gasteiger partial charge is 0.457 e. The average molecular weight is 545 g/mol. The van der Waals surface area contributed by atoms with Crippen molar-refractivity contribution in [3.8, 4) is 17.3 Å². The predicted molar refractivity (Wildman–Crippen MR) is 170 cm³/mol. The van der Waals surface area contributed by atoms with Crippen molar-refractivity contribution >= 4 is 39.0 Å². The number of anilines is 3. The minimum absolute atomic E-state index is 0.182. The molecule has 0 N–H and O–H groups in total. The van der Waals surface area contributed by atoms with Gasteiger partial charge in [0.1, 0.15) is 23.1 Å². The van der Waals surface area contributed by atoms with Gasteiger partial charge >= 0.3 is 0 Å². The Bertz CT molecular complexity index is 2100. The van der Waals surface area contributed by atoms with Crippen LogP contribution in [-0.2, 0) is 5.41 Å². The zero-order valence-corrected chi connectivity index (χ0v) is 23.4. The highest BCUT2D eigenvalue weighted by Gasteiger charge is 2.37. The normalized spacial score (nSPS) is 13.6. The molecular formula is C37H28N4O. The number of ether oxygens (including phenoxy) is 1. The molecule has 0 saturated carbocycles. The third-order valence-electron chi connectivity index (χ3n) is 8.34. The van der Waals surface area contributed by atoms with Crippen molar-refractivity contribution < 1.29 is 4.74 Å². The molecule has 0 spiro atoms. The quantitative estimate of drug-likeness (QED) is 0.221. The molecule has 0 unspecified atom stereocenters. The van der Waals surface area contributed by atoms with Gasteiger partial charge in [-0.1, -0.05) is 68.4 Å². The van der Waals surface area contributed by atoms with E-state index < -0.39 is 0 Å². The second-order valence-electron chi connectivity index (χ2n) is 11.2. The Labute approximate surface area is 244 Å². The summed E-state index contributed by atoms with van der Waals surface area (Å²) in [5, 5.41) is 2.35. The first-order valence-corrected chi connectivity index (χ1v) is 14.2. The summed E-state index contributed by atoms with van der Waals surface area (Å²) >= 11 is 0. The SMILES string of the molecule is CC1(C)c2ccccc2N(c2ccccn2)c2cc(Oc3ccc4c5ccccc5n(-c5ccccn5)c4c3)ccc21. The molecular weight excluding hydrogens is 516 g/mol. The molecule has 202 valence electrons. The number of rotatable bonds is 4. The Morgan fingerprint density at radius 2 is 1.19 bits per heavy atom. The van der Waals surface area contributed by atoms with Gasteiger partial charge in [-0.05, 0) is 65.7 Å². The standard InChI is InChI=1S/C37H28N4O/c1-37(2)29-12-4-6-14-32(29)41(36-16-8-10-22-39-36)34-24-26(18-20-30(34)37)42-25-17-19-28-27-11-3-5-13-31(27)40(33(28)23-25)35-15-7-9-21-38-35/h3-24H,1-2H3. The Morgan fingerprint density at radius 1 is 0.548 bits per heavy atom. The number of pyridine rings is 2. The summed E-state index contributed by atoms with van der Waals surface area (Å²) < 4.78 is 8.80. The van der Waals surface area contributed by atoms with Crippen molar-refractivity contribution in [3.05, 3.63) is 145 Å². The molecule has 8 rings (SSSR count). The molecule has 0 bridgehead atoms. The van der Waals surface area contributed by atoms with Crippen molar-refractivity contribution in [3.63, 3.8) is 0 Å². The summed E-state index contributed by atoms with van der Waals surface area (Å²) in [7, 11) is 0. The van der Waals surface area contributed by atoms with Crippen LogP contribution in [0.5, 0.6) is 11.5 Å². The molecule has 4 heterocycles. The molecule has 0 saturated heterocycles. The van der Waals surface area contributed by atoms with Gasteiger partial charge in [0.2, 0.25) is 0 Å². The maximum absolute atomic E-state index is 6.60. The van der Waals surface area contributed by atoms with E-state index in [9.17, 15) is 0 Å². The van der Waals surface area contributed by atoms with E-state index in [4.69, 9.17) is 9.72 Å². The Hall–Kier alpha value is -5.42. The highest BCUT2D eigenvalue weighted by Crippen LogP contribution is 2.52. The van der Waals surface area contributed by atoms with Crippen LogP contribution in [-0.4, -0.2) is 14.5 Å². The summed E-state index contributed by atoms with van der Waals surface area (Å²) in [6.45, 7) is 4.57. The Morgan fingerprint density at radius 3 is 2.00 bits per heavy atom. The van der Waals surface area contributed by atoms with Crippen LogP contribution in [0.15, 0.2) is 134 Å². The van der Waals surface area contributed by atoms with Crippen molar-refractivity contribution in [2.75, 3.05) is 4.90 Å². The summed E-state index contributed by atoms with van der Waals surface area (Å²) in [6, 6.07) is 41.8. The third-order valence-corrected chi connectivity index (χ3v) is 8.34. The fraction of sp³-hybridized carbons (Fsp3) is 0.0811. The van der Waals surface area contributed by atoms with Gasteiger partial charge in [-0.3, -0.25) is 9.47 Å². The molecule has 1 aliphatic heterocycles. The molecule has 7 aromatic rings. The summed E-state index contributed by atoms with van der Waals surface area (Å²) in [6.07, 6.45) is 3.67. The molecule has 1 aliphatic rings. The first kappa shape index (κ1) is 24.4. The monoisotopic (exact) mass is 544 g/mol. The predicted octanol–water partition coefficient (Wildman–Crippen LogP) is 9.48. The van der Waals surface area contributed by atoms with Crippen LogP contribution in [0.2, 0.25) is 0 Å². The van der Waals surface area contributed by atoms with Gasteiger partial charge in [-0.15, -0.1) is 0 Å². The molecule has 42 heavy (non-hydrogen) atoms. The maximum atomic E-state index is 6.60. The lowest BCUT2D eigenvalue weighted by Gasteiger charge is -2.41. The molecule has 0 radical (unpaired) electrons. The molecule has 0 aliphatic carbocycles. The molecule has 0 amide bonds. The van der Waals surface area contributed by atoms with Crippen LogP contribution < -0.4 is 9.64 Å². The zero-order valence-electron chi connectivity index (χ0n) is 23.4. The van der Waals surface area contributed by atoms with Crippen LogP contribution in [0.4, 0.5) is 17.2 Å². The summed E-state index contributed by atoms with van der Waals surface area (Å²) in [5.74, 6) is 3.29. The lowest BCUT2D eigenvalue weighted by Crippen LogP contribution is -2.30. The van der Waals surface area contributed by atoms with Gasteiger partial charge in [0.05, 0.1) is 22.4 Å². The van der Waals surface area contributed by atoms with E-state index in [1.807, 2.05) is 48.8 Å². The van der Waals surface area contributed by atoms with E-state index >= 15 is 0 Å². The highest BCUT2D eigenvalue weighted by molar-refractivity contribution is 6.09. The third kappa shape index (κ3) is 3.71. The number of aromatic nitrogens is 3. The molecule has 5 heteroatoms. The lowest BCUT2D eigenvalue weighted by atomic mass is 9.73. The number of nitrogens with zero attached hydrogens (tertiary/aromatic N) is 4. The van der Waals surface area contributed by atoms with Crippen molar-refractivity contribution in [1.82, 2.24) is 14.5 Å². The van der Waals surface area contributed by atoms with Crippen LogP contribution in [0.25, 0.3) is 27.6 Å². The van der Waals surface area contributed by atoms with Crippen LogP contribution in [0.1, 0.15) is 25.0 Å². The summed E-state index contributed by atoms with van der Waals surface area (Å²) in [5.41, 5.74) is 6.68. The van der Waals surface area contributed by atoms with E-state index in [2.05, 4.69) is 113 Å². The zero-order chi connectivity index (χ0) is 28.3. The minimum Gasteiger partial charge on any atom is -0.457 e. The van der Waals surface area contributed by atoms with Gasteiger partial charge in [-0.2, -0.15) is 0 Å².